The largest absolute Gasteiger partial charge is 0.507 e. The van der Waals surface area contributed by atoms with E-state index in [0.717, 1.165) is 12.1 Å². The summed E-state index contributed by atoms with van der Waals surface area (Å²) in [6.07, 6.45) is -1.34. The second-order valence-electron chi connectivity index (χ2n) is 7.53. The fourth-order valence-electron chi connectivity index (χ4n) is 3.07. The molecule has 0 saturated heterocycles. The molecule has 0 saturated carbocycles. The van der Waals surface area contributed by atoms with Crippen molar-refractivity contribution in [3.8, 4) is 28.9 Å². The van der Waals surface area contributed by atoms with Gasteiger partial charge in [0.1, 0.15) is 36.0 Å². The Morgan fingerprint density at radius 2 is 1.58 bits per heavy atom. The van der Waals surface area contributed by atoms with E-state index in [-0.39, 0.29) is 36.2 Å². The van der Waals surface area contributed by atoms with Crippen LogP contribution in [0.1, 0.15) is 27.0 Å². The third-order valence-electron chi connectivity index (χ3n) is 4.93. The molecule has 0 aliphatic heterocycles. The predicted molar refractivity (Wildman–Crippen MR) is 120 cm³/mol. The number of aromatic nitrogens is 3. The van der Waals surface area contributed by atoms with Crippen molar-refractivity contribution in [3.05, 3.63) is 95.3 Å². The molecule has 4 aromatic rings. The summed E-state index contributed by atoms with van der Waals surface area (Å²) in [5.74, 6) is -0.806. The van der Waals surface area contributed by atoms with Crippen LogP contribution in [0.4, 0.5) is 13.2 Å². The first-order valence-corrected chi connectivity index (χ1v) is 10.5. The number of carboxylic acid groups (broad SMARTS) is 1. The molecule has 11 heteroatoms. The van der Waals surface area contributed by atoms with E-state index in [0.29, 0.717) is 22.6 Å². The van der Waals surface area contributed by atoms with Gasteiger partial charge in [0.05, 0.1) is 5.56 Å². The number of rotatable bonds is 8. The van der Waals surface area contributed by atoms with Crippen LogP contribution < -0.4 is 9.47 Å². The van der Waals surface area contributed by atoms with Crippen molar-refractivity contribution in [2.24, 2.45) is 0 Å². The Labute approximate surface area is 202 Å². The highest BCUT2D eigenvalue weighted by Crippen LogP contribution is 2.29. The van der Waals surface area contributed by atoms with Gasteiger partial charge >= 0.3 is 12.1 Å². The highest BCUT2D eigenvalue weighted by atomic mass is 19.4. The maximum absolute atomic E-state index is 12.7. The highest BCUT2D eigenvalue weighted by molar-refractivity contribution is 5.91. The second kappa shape index (κ2) is 10.3. The number of carboxylic acids is 1. The lowest BCUT2D eigenvalue weighted by Crippen LogP contribution is -2.05. The predicted octanol–water partition coefficient (Wildman–Crippen LogP) is 5.12. The van der Waals surface area contributed by atoms with Crippen LogP contribution in [0, 0.1) is 0 Å². The number of phenols is 1. The average molecular weight is 497 g/mol. The van der Waals surface area contributed by atoms with Gasteiger partial charge in [-0.05, 0) is 42.0 Å². The van der Waals surface area contributed by atoms with E-state index in [2.05, 4.69) is 15.0 Å². The van der Waals surface area contributed by atoms with Crippen LogP contribution >= 0.6 is 0 Å². The van der Waals surface area contributed by atoms with E-state index in [1.807, 2.05) is 0 Å². The Morgan fingerprint density at radius 1 is 0.889 bits per heavy atom. The van der Waals surface area contributed by atoms with Crippen molar-refractivity contribution in [2.45, 2.75) is 19.4 Å². The Hall–Kier alpha value is -4.67. The molecular weight excluding hydrogens is 479 g/mol. The SMILES string of the molecule is O=C(O)c1cc(OCc2cnc(-c3cccc(OCc4ccc(C(F)(F)F)cc4)n3)nc2)ccc1O. The van der Waals surface area contributed by atoms with E-state index >= 15 is 0 Å². The first-order valence-electron chi connectivity index (χ1n) is 10.5. The number of carbonyl (C=O) groups is 1. The Kier molecular flexibility index (Phi) is 7.00. The van der Waals surface area contributed by atoms with Gasteiger partial charge in [-0.15, -0.1) is 0 Å². The van der Waals surface area contributed by atoms with Crippen molar-refractivity contribution >= 4 is 5.97 Å². The number of aromatic hydroxyl groups is 1. The number of hydrogen-bond acceptors (Lipinski definition) is 7. The van der Waals surface area contributed by atoms with Gasteiger partial charge in [0.25, 0.3) is 0 Å². The van der Waals surface area contributed by atoms with Gasteiger partial charge < -0.3 is 19.7 Å². The lowest BCUT2D eigenvalue weighted by atomic mass is 10.1. The minimum Gasteiger partial charge on any atom is -0.507 e. The van der Waals surface area contributed by atoms with Crippen LogP contribution in [0.25, 0.3) is 11.5 Å². The van der Waals surface area contributed by atoms with Gasteiger partial charge in [0.2, 0.25) is 5.88 Å². The monoisotopic (exact) mass is 497 g/mol. The number of halogens is 3. The number of benzene rings is 2. The third-order valence-corrected chi connectivity index (χ3v) is 4.93. The summed E-state index contributed by atoms with van der Waals surface area (Å²) in [6.45, 7) is 0.0976. The number of aromatic carboxylic acids is 1. The summed E-state index contributed by atoms with van der Waals surface area (Å²) >= 11 is 0. The van der Waals surface area contributed by atoms with Crippen LogP contribution in [-0.2, 0) is 19.4 Å². The Morgan fingerprint density at radius 3 is 2.25 bits per heavy atom. The topological polar surface area (TPSA) is 115 Å². The first kappa shape index (κ1) is 24.5. The molecule has 0 bridgehead atoms. The van der Waals surface area contributed by atoms with Gasteiger partial charge in [-0.25, -0.2) is 19.7 Å². The van der Waals surface area contributed by atoms with Gasteiger partial charge in [0, 0.05) is 24.0 Å². The van der Waals surface area contributed by atoms with E-state index in [9.17, 15) is 23.1 Å². The zero-order valence-electron chi connectivity index (χ0n) is 18.4. The average Bonchev–Trinajstić information content (AvgIpc) is 2.87. The minimum absolute atomic E-state index is 0.0343. The molecule has 2 aromatic carbocycles. The van der Waals surface area contributed by atoms with Crippen molar-refractivity contribution in [2.75, 3.05) is 0 Å². The van der Waals surface area contributed by atoms with Crippen molar-refractivity contribution in [1.29, 1.82) is 0 Å². The molecule has 2 heterocycles. The van der Waals surface area contributed by atoms with E-state index in [1.165, 1.54) is 42.7 Å². The molecule has 0 aliphatic rings. The summed E-state index contributed by atoms with van der Waals surface area (Å²) in [4.78, 5) is 24.0. The Balaban J connectivity index is 1.37. The molecule has 4 rings (SSSR count). The van der Waals surface area contributed by atoms with Crippen LogP contribution in [0.5, 0.6) is 17.4 Å². The molecule has 0 atom stereocenters. The zero-order valence-corrected chi connectivity index (χ0v) is 18.4. The first-order chi connectivity index (χ1) is 17.2. The molecule has 36 heavy (non-hydrogen) atoms. The minimum atomic E-state index is -4.40. The zero-order chi connectivity index (χ0) is 25.7. The summed E-state index contributed by atoms with van der Waals surface area (Å²) in [5.41, 5.74) is 0.589. The molecule has 8 nitrogen and oxygen atoms in total. The van der Waals surface area contributed by atoms with E-state index in [4.69, 9.17) is 14.6 Å². The number of nitrogens with zero attached hydrogens (tertiary/aromatic N) is 3. The molecule has 0 amide bonds. The Bertz CT molecular complexity index is 1360. The number of alkyl halides is 3. The van der Waals surface area contributed by atoms with Crippen molar-refractivity contribution in [3.63, 3.8) is 0 Å². The smallest absolute Gasteiger partial charge is 0.416 e. The third kappa shape index (κ3) is 6.06. The second-order valence-corrected chi connectivity index (χ2v) is 7.53. The summed E-state index contributed by atoms with van der Waals surface area (Å²) in [5, 5.41) is 18.6. The molecule has 0 aliphatic carbocycles. The molecule has 0 radical (unpaired) electrons. The molecule has 2 aromatic heterocycles. The number of hydrogen-bond donors (Lipinski definition) is 2. The standard InChI is InChI=1S/C25H18F3N3O5/c26-25(27,28)17-6-4-15(5-7-17)13-36-22-3-1-2-20(31-22)23-29-11-16(12-30-23)14-35-18-8-9-21(32)19(10-18)24(33)34/h1-12,32H,13-14H2,(H,33,34). The van der Waals surface area contributed by atoms with Crippen LogP contribution in [0.3, 0.4) is 0 Å². The summed E-state index contributed by atoms with van der Waals surface area (Å²) in [6, 6.07) is 13.5. The molecular formula is C25H18F3N3O5. The molecule has 2 N–H and O–H groups in total. The fraction of sp³-hybridized carbons (Fsp3) is 0.120. The van der Waals surface area contributed by atoms with Gasteiger partial charge in [-0.2, -0.15) is 13.2 Å². The van der Waals surface area contributed by atoms with Gasteiger partial charge in [-0.1, -0.05) is 18.2 Å². The van der Waals surface area contributed by atoms with Crippen LogP contribution in [0.2, 0.25) is 0 Å². The lowest BCUT2D eigenvalue weighted by molar-refractivity contribution is -0.137. The summed E-state index contributed by atoms with van der Waals surface area (Å²) < 4.78 is 49.2. The van der Waals surface area contributed by atoms with Gasteiger partial charge in [-0.3, -0.25) is 0 Å². The van der Waals surface area contributed by atoms with Crippen molar-refractivity contribution < 1.29 is 37.7 Å². The normalized spacial score (nSPS) is 11.2. The number of ether oxygens (including phenoxy) is 2. The van der Waals surface area contributed by atoms with Crippen LogP contribution in [-0.4, -0.2) is 31.1 Å². The quantitative estimate of drug-likeness (QED) is 0.345. The fourth-order valence-corrected chi connectivity index (χ4v) is 3.07. The van der Waals surface area contributed by atoms with Gasteiger partial charge in [0.15, 0.2) is 5.82 Å². The molecule has 0 unspecified atom stereocenters. The van der Waals surface area contributed by atoms with E-state index in [1.54, 1.807) is 18.2 Å². The maximum atomic E-state index is 12.7. The summed E-state index contributed by atoms with van der Waals surface area (Å²) in [7, 11) is 0. The highest BCUT2D eigenvalue weighted by Gasteiger charge is 2.29. The molecule has 0 fully saturated rings. The van der Waals surface area contributed by atoms with Crippen molar-refractivity contribution in [1.82, 2.24) is 15.0 Å². The lowest BCUT2D eigenvalue weighted by Gasteiger charge is -2.10. The molecule has 0 spiro atoms. The van der Waals surface area contributed by atoms with Crippen LogP contribution in [0.15, 0.2) is 73.1 Å². The molecule has 184 valence electrons. The number of pyridine rings is 1. The van der Waals surface area contributed by atoms with E-state index < -0.39 is 17.7 Å². The maximum Gasteiger partial charge on any atom is 0.416 e.